The molecule has 0 N–H and O–H groups in total. The SMILES string of the molecule is COc1ccc(-c2ccc(C#CBr)cc2)cc1. The third kappa shape index (κ3) is 2.89. The Labute approximate surface area is 110 Å². The number of rotatable bonds is 2. The second-order valence-corrected chi connectivity index (χ2v) is 3.92. The number of hydrogen-bond donors (Lipinski definition) is 0. The van der Waals surface area contributed by atoms with Crippen LogP contribution in [-0.2, 0) is 0 Å². The van der Waals surface area contributed by atoms with Crippen LogP contribution in [0, 0.1) is 10.8 Å². The van der Waals surface area contributed by atoms with E-state index in [1.165, 1.54) is 11.1 Å². The number of halogens is 1. The van der Waals surface area contributed by atoms with Crippen LogP contribution in [0.2, 0.25) is 0 Å². The van der Waals surface area contributed by atoms with E-state index in [4.69, 9.17) is 4.74 Å². The highest BCUT2D eigenvalue weighted by atomic mass is 79.9. The second kappa shape index (κ2) is 5.56. The van der Waals surface area contributed by atoms with E-state index >= 15 is 0 Å². The summed E-state index contributed by atoms with van der Waals surface area (Å²) in [7, 11) is 1.67. The maximum atomic E-state index is 5.13. The average Bonchev–Trinajstić information content (AvgIpc) is 2.40. The van der Waals surface area contributed by atoms with Crippen molar-refractivity contribution in [3.8, 4) is 27.6 Å². The van der Waals surface area contributed by atoms with Gasteiger partial charge >= 0.3 is 0 Å². The van der Waals surface area contributed by atoms with Gasteiger partial charge in [0, 0.05) is 21.5 Å². The van der Waals surface area contributed by atoms with E-state index in [-0.39, 0.29) is 0 Å². The van der Waals surface area contributed by atoms with Gasteiger partial charge < -0.3 is 4.74 Å². The van der Waals surface area contributed by atoms with Crippen LogP contribution < -0.4 is 4.74 Å². The normalized spacial score (nSPS) is 9.29. The monoisotopic (exact) mass is 286 g/mol. The van der Waals surface area contributed by atoms with Crippen molar-refractivity contribution >= 4 is 15.9 Å². The summed E-state index contributed by atoms with van der Waals surface area (Å²) in [6, 6.07) is 16.2. The highest BCUT2D eigenvalue weighted by Crippen LogP contribution is 2.22. The lowest BCUT2D eigenvalue weighted by atomic mass is 10.0. The van der Waals surface area contributed by atoms with Gasteiger partial charge in [-0.1, -0.05) is 30.2 Å². The molecule has 1 nitrogen and oxygen atoms in total. The molecule has 0 amide bonds. The third-order valence-electron chi connectivity index (χ3n) is 2.50. The molecule has 84 valence electrons. The van der Waals surface area contributed by atoms with E-state index in [9.17, 15) is 0 Å². The molecule has 0 radical (unpaired) electrons. The summed E-state index contributed by atoms with van der Waals surface area (Å²) in [4.78, 5) is 2.70. The van der Waals surface area contributed by atoms with Crippen molar-refractivity contribution < 1.29 is 4.74 Å². The molecule has 0 aliphatic heterocycles. The van der Waals surface area contributed by atoms with Gasteiger partial charge in [-0.3, -0.25) is 0 Å². The standard InChI is InChI=1S/C15H11BrO/c1-17-15-8-6-14(7-9-15)13-4-2-12(3-5-13)10-11-16/h2-9H,1H3. The number of benzene rings is 2. The van der Waals surface area contributed by atoms with Gasteiger partial charge in [-0.2, -0.15) is 0 Å². The van der Waals surface area contributed by atoms with Gasteiger partial charge in [0.05, 0.1) is 7.11 Å². The Balaban J connectivity index is 2.28. The van der Waals surface area contributed by atoms with Crippen molar-refractivity contribution in [3.05, 3.63) is 54.1 Å². The Hall–Kier alpha value is -1.72. The number of ether oxygens (including phenoxy) is 1. The van der Waals surface area contributed by atoms with Crippen LogP contribution in [0.25, 0.3) is 11.1 Å². The van der Waals surface area contributed by atoms with E-state index in [1.807, 2.05) is 36.4 Å². The zero-order valence-corrected chi connectivity index (χ0v) is 11.0. The van der Waals surface area contributed by atoms with E-state index in [0.29, 0.717) is 0 Å². The lowest BCUT2D eigenvalue weighted by Crippen LogP contribution is -1.83. The van der Waals surface area contributed by atoms with Crippen LogP contribution in [-0.4, -0.2) is 7.11 Å². The largest absolute Gasteiger partial charge is 0.497 e. The molecule has 2 heteroatoms. The molecule has 0 atom stereocenters. The topological polar surface area (TPSA) is 9.23 Å². The summed E-state index contributed by atoms with van der Waals surface area (Å²) >= 11 is 3.09. The summed E-state index contributed by atoms with van der Waals surface area (Å²) in [5, 5.41) is 0. The molecular weight excluding hydrogens is 276 g/mol. The minimum Gasteiger partial charge on any atom is -0.497 e. The zero-order valence-electron chi connectivity index (χ0n) is 9.41. The fourth-order valence-electron chi connectivity index (χ4n) is 1.58. The lowest BCUT2D eigenvalue weighted by Gasteiger charge is -2.03. The summed E-state index contributed by atoms with van der Waals surface area (Å²) in [6.07, 6.45) is 0. The molecule has 0 heterocycles. The van der Waals surface area contributed by atoms with Gasteiger partial charge in [0.2, 0.25) is 0 Å². The fourth-order valence-corrected chi connectivity index (χ4v) is 1.81. The summed E-state index contributed by atoms with van der Waals surface area (Å²) in [5.74, 6) is 3.82. The Morgan fingerprint density at radius 1 is 0.882 bits per heavy atom. The van der Waals surface area contributed by atoms with Gasteiger partial charge in [0.15, 0.2) is 0 Å². The third-order valence-corrected chi connectivity index (χ3v) is 2.70. The molecular formula is C15H11BrO. The average molecular weight is 287 g/mol. The molecule has 0 fully saturated rings. The molecule has 0 aliphatic rings. The zero-order chi connectivity index (χ0) is 12.1. The van der Waals surface area contributed by atoms with Crippen LogP contribution in [0.3, 0.4) is 0 Å². The molecule has 0 saturated heterocycles. The Morgan fingerprint density at radius 2 is 1.41 bits per heavy atom. The predicted octanol–water partition coefficient (Wildman–Crippen LogP) is 4.07. The van der Waals surface area contributed by atoms with Crippen molar-refractivity contribution in [2.45, 2.75) is 0 Å². The molecule has 0 spiro atoms. The summed E-state index contributed by atoms with van der Waals surface area (Å²) in [5.41, 5.74) is 3.34. The maximum absolute atomic E-state index is 5.13. The van der Waals surface area contributed by atoms with Crippen LogP contribution in [0.5, 0.6) is 5.75 Å². The van der Waals surface area contributed by atoms with Crippen molar-refractivity contribution in [2.75, 3.05) is 7.11 Å². The molecule has 0 aromatic heterocycles. The van der Waals surface area contributed by atoms with Crippen LogP contribution >= 0.6 is 15.9 Å². The van der Waals surface area contributed by atoms with E-state index < -0.39 is 0 Å². The predicted molar refractivity (Wildman–Crippen MR) is 74.2 cm³/mol. The molecule has 0 aliphatic carbocycles. The number of methoxy groups -OCH3 is 1. The highest BCUT2D eigenvalue weighted by molar-refractivity contribution is 9.12. The van der Waals surface area contributed by atoms with Gasteiger partial charge in [-0.05, 0) is 40.2 Å². The summed E-state index contributed by atoms with van der Waals surface area (Å²) in [6.45, 7) is 0. The lowest BCUT2D eigenvalue weighted by molar-refractivity contribution is 0.415. The smallest absolute Gasteiger partial charge is 0.118 e. The molecule has 0 unspecified atom stereocenters. The van der Waals surface area contributed by atoms with Crippen LogP contribution in [0.1, 0.15) is 5.56 Å². The second-order valence-electron chi connectivity index (χ2n) is 3.53. The van der Waals surface area contributed by atoms with Crippen molar-refractivity contribution in [1.82, 2.24) is 0 Å². The first-order valence-corrected chi connectivity index (χ1v) is 5.99. The Kier molecular flexibility index (Phi) is 3.85. The van der Waals surface area contributed by atoms with Gasteiger partial charge in [0.25, 0.3) is 0 Å². The van der Waals surface area contributed by atoms with Gasteiger partial charge in [-0.25, -0.2) is 0 Å². The minimum atomic E-state index is 0.871. The van der Waals surface area contributed by atoms with Gasteiger partial charge in [-0.15, -0.1) is 0 Å². The first-order valence-electron chi connectivity index (χ1n) is 5.19. The minimum absolute atomic E-state index is 0.871. The van der Waals surface area contributed by atoms with Crippen molar-refractivity contribution in [3.63, 3.8) is 0 Å². The van der Waals surface area contributed by atoms with E-state index in [0.717, 1.165) is 11.3 Å². The van der Waals surface area contributed by atoms with Crippen molar-refractivity contribution in [1.29, 1.82) is 0 Å². The van der Waals surface area contributed by atoms with Gasteiger partial charge in [0.1, 0.15) is 5.75 Å². The summed E-state index contributed by atoms with van der Waals surface area (Å²) < 4.78 is 5.13. The molecule has 0 saturated carbocycles. The quantitative estimate of drug-likeness (QED) is 0.757. The van der Waals surface area contributed by atoms with Crippen LogP contribution in [0.4, 0.5) is 0 Å². The van der Waals surface area contributed by atoms with E-state index in [1.54, 1.807) is 7.11 Å². The van der Waals surface area contributed by atoms with Crippen LogP contribution in [0.15, 0.2) is 48.5 Å². The number of hydrogen-bond acceptors (Lipinski definition) is 1. The maximum Gasteiger partial charge on any atom is 0.118 e. The molecule has 2 aromatic rings. The molecule has 2 rings (SSSR count). The van der Waals surface area contributed by atoms with E-state index in [2.05, 4.69) is 38.8 Å². The molecule has 2 aromatic carbocycles. The fraction of sp³-hybridized carbons (Fsp3) is 0.0667. The van der Waals surface area contributed by atoms with Crippen molar-refractivity contribution in [2.24, 2.45) is 0 Å². The first-order chi connectivity index (χ1) is 8.33. The molecule has 17 heavy (non-hydrogen) atoms. The first kappa shape index (κ1) is 11.8. The Bertz CT molecular complexity index is 544. The Morgan fingerprint density at radius 3 is 1.88 bits per heavy atom. The molecule has 0 bridgehead atoms. The highest BCUT2D eigenvalue weighted by Gasteiger charge is 1.97.